The van der Waals surface area contributed by atoms with Gasteiger partial charge in [0.15, 0.2) is 11.5 Å². The van der Waals surface area contributed by atoms with Crippen LogP contribution in [0.3, 0.4) is 0 Å². The van der Waals surface area contributed by atoms with Gasteiger partial charge in [-0.15, -0.1) is 0 Å². The van der Waals surface area contributed by atoms with Gasteiger partial charge < -0.3 is 19.5 Å². The summed E-state index contributed by atoms with van der Waals surface area (Å²) in [7, 11) is 3.57. The molecule has 1 N–H and O–H groups in total. The molecule has 0 radical (unpaired) electrons. The zero-order valence-corrected chi connectivity index (χ0v) is 14.3. The summed E-state index contributed by atoms with van der Waals surface area (Å²) in [5.74, 6) is 2.34. The van der Waals surface area contributed by atoms with E-state index in [1.54, 1.807) is 7.11 Å². The van der Waals surface area contributed by atoms with Crippen LogP contribution in [0.4, 0.5) is 0 Å². The van der Waals surface area contributed by atoms with Gasteiger partial charge in [0.2, 0.25) is 0 Å². The molecule has 0 spiro atoms. The summed E-state index contributed by atoms with van der Waals surface area (Å²) in [4.78, 5) is 0. The Labute approximate surface area is 138 Å². The molecular formula is C19H25NO3. The summed E-state index contributed by atoms with van der Waals surface area (Å²) in [6, 6.07) is 12.0. The van der Waals surface area contributed by atoms with Gasteiger partial charge in [-0.1, -0.05) is 12.1 Å². The Kier molecular flexibility index (Phi) is 6.29. The second kappa shape index (κ2) is 8.44. The molecule has 0 aliphatic rings. The van der Waals surface area contributed by atoms with E-state index >= 15 is 0 Å². The number of ether oxygens (including phenoxy) is 3. The fourth-order valence-electron chi connectivity index (χ4n) is 2.26. The van der Waals surface area contributed by atoms with Gasteiger partial charge >= 0.3 is 0 Å². The Bertz CT molecular complexity index is 641. The first-order valence-electron chi connectivity index (χ1n) is 7.78. The summed E-state index contributed by atoms with van der Waals surface area (Å²) in [5.41, 5.74) is 3.65. The van der Waals surface area contributed by atoms with Crippen molar-refractivity contribution >= 4 is 0 Å². The number of methoxy groups -OCH3 is 1. The summed E-state index contributed by atoms with van der Waals surface area (Å²) < 4.78 is 16.9. The van der Waals surface area contributed by atoms with Crippen molar-refractivity contribution < 1.29 is 14.2 Å². The molecule has 2 aromatic rings. The molecule has 0 bridgehead atoms. The maximum atomic E-state index is 5.77. The maximum Gasteiger partial charge on any atom is 0.161 e. The van der Waals surface area contributed by atoms with Crippen molar-refractivity contribution in [2.24, 2.45) is 0 Å². The molecule has 0 unspecified atom stereocenters. The Morgan fingerprint density at radius 2 is 1.65 bits per heavy atom. The monoisotopic (exact) mass is 315 g/mol. The third-order valence-corrected chi connectivity index (χ3v) is 3.70. The first-order chi connectivity index (χ1) is 11.1. The lowest BCUT2D eigenvalue weighted by Crippen LogP contribution is -2.10. The minimum absolute atomic E-state index is 0.467. The molecule has 0 fully saturated rings. The number of aryl methyl sites for hydroxylation is 2. The van der Waals surface area contributed by atoms with Gasteiger partial charge in [0.1, 0.15) is 19.0 Å². The van der Waals surface area contributed by atoms with E-state index in [9.17, 15) is 0 Å². The van der Waals surface area contributed by atoms with Gasteiger partial charge in [-0.25, -0.2) is 0 Å². The number of hydrogen-bond donors (Lipinski definition) is 1. The van der Waals surface area contributed by atoms with E-state index in [-0.39, 0.29) is 0 Å². The molecule has 0 aliphatic carbocycles. The average molecular weight is 315 g/mol. The molecule has 0 aromatic heterocycles. The second-order valence-corrected chi connectivity index (χ2v) is 5.46. The summed E-state index contributed by atoms with van der Waals surface area (Å²) >= 11 is 0. The highest BCUT2D eigenvalue weighted by Gasteiger charge is 2.06. The van der Waals surface area contributed by atoms with Crippen LogP contribution in [0, 0.1) is 13.8 Å². The first kappa shape index (κ1) is 17.2. The molecule has 2 aromatic carbocycles. The van der Waals surface area contributed by atoms with Gasteiger partial charge in [0, 0.05) is 6.54 Å². The Morgan fingerprint density at radius 1 is 0.870 bits per heavy atom. The highest BCUT2D eigenvalue weighted by molar-refractivity contribution is 5.43. The number of benzene rings is 2. The molecule has 0 amide bonds. The third-order valence-electron chi connectivity index (χ3n) is 3.70. The predicted molar refractivity (Wildman–Crippen MR) is 92.7 cm³/mol. The molecule has 0 heterocycles. The van der Waals surface area contributed by atoms with Gasteiger partial charge in [-0.2, -0.15) is 0 Å². The van der Waals surface area contributed by atoms with E-state index < -0.39 is 0 Å². The maximum absolute atomic E-state index is 5.77. The Balaban J connectivity index is 1.87. The van der Waals surface area contributed by atoms with E-state index in [1.807, 2.05) is 37.4 Å². The van der Waals surface area contributed by atoms with Crippen LogP contribution in [-0.2, 0) is 6.54 Å². The topological polar surface area (TPSA) is 39.7 Å². The lowest BCUT2D eigenvalue weighted by Gasteiger charge is -2.13. The van der Waals surface area contributed by atoms with E-state index in [1.165, 1.54) is 11.1 Å². The van der Waals surface area contributed by atoms with Crippen molar-refractivity contribution in [3.05, 3.63) is 53.1 Å². The van der Waals surface area contributed by atoms with Crippen LogP contribution in [0.25, 0.3) is 0 Å². The normalized spacial score (nSPS) is 10.4. The van der Waals surface area contributed by atoms with Crippen LogP contribution in [0.2, 0.25) is 0 Å². The summed E-state index contributed by atoms with van der Waals surface area (Å²) in [6.07, 6.45) is 0. The van der Waals surface area contributed by atoms with Crippen LogP contribution in [0.5, 0.6) is 17.2 Å². The van der Waals surface area contributed by atoms with Crippen LogP contribution in [0.1, 0.15) is 16.7 Å². The lowest BCUT2D eigenvalue weighted by molar-refractivity contribution is 0.211. The third kappa shape index (κ3) is 4.89. The largest absolute Gasteiger partial charge is 0.493 e. The van der Waals surface area contributed by atoms with Crippen LogP contribution in [0.15, 0.2) is 36.4 Å². The molecule has 124 valence electrons. The van der Waals surface area contributed by atoms with Crippen molar-refractivity contribution in [1.82, 2.24) is 5.32 Å². The smallest absolute Gasteiger partial charge is 0.161 e. The van der Waals surface area contributed by atoms with Gasteiger partial charge in [0.05, 0.1) is 7.11 Å². The molecule has 4 heteroatoms. The Hall–Kier alpha value is -2.20. The quantitative estimate of drug-likeness (QED) is 0.757. The summed E-state index contributed by atoms with van der Waals surface area (Å²) in [5, 5.41) is 3.12. The standard InChI is InChI=1S/C19H25NO3/c1-14-5-7-17(11-15(14)2)22-9-10-23-18-8-6-16(13-20-3)12-19(18)21-4/h5-8,11-12,20H,9-10,13H2,1-4H3. The van der Waals surface area contributed by atoms with E-state index in [4.69, 9.17) is 14.2 Å². The van der Waals surface area contributed by atoms with Crippen molar-refractivity contribution in [3.8, 4) is 17.2 Å². The Morgan fingerprint density at radius 3 is 2.35 bits per heavy atom. The predicted octanol–water partition coefficient (Wildman–Crippen LogP) is 3.49. The second-order valence-electron chi connectivity index (χ2n) is 5.46. The van der Waals surface area contributed by atoms with Crippen LogP contribution < -0.4 is 19.5 Å². The zero-order valence-electron chi connectivity index (χ0n) is 14.3. The zero-order chi connectivity index (χ0) is 16.7. The highest BCUT2D eigenvalue weighted by atomic mass is 16.5. The molecule has 2 rings (SSSR count). The van der Waals surface area contributed by atoms with Crippen molar-refractivity contribution in [2.45, 2.75) is 20.4 Å². The molecule has 0 aliphatic heterocycles. The fourth-order valence-corrected chi connectivity index (χ4v) is 2.26. The van der Waals surface area contributed by atoms with E-state index in [0.717, 1.165) is 29.4 Å². The number of nitrogens with one attached hydrogen (secondary N) is 1. The van der Waals surface area contributed by atoms with Crippen LogP contribution >= 0.6 is 0 Å². The highest BCUT2D eigenvalue weighted by Crippen LogP contribution is 2.28. The van der Waals surface area contributed by atoms with E-state index in [2.05, 4.69) is 25.2 Å². The molecule has 23 heavy (non-hydrogen) atoms. The SMILES string of the molecule is CNCc1ccc(OCCOc2ccc(C)c(C)c2)c(OC)c1. The average Bonchev–Trinajstić information content (AvgIpc) is 2.56. The molecule has 0 saturated carbocycles. The minimum atomic E-state index is 0.467. The minimum Gasteiger partial charge on any atom is -0.493 e. The molecule has 0 saturated heterocycles. The first-order valence-corrected chi connectivity index (χ1v) is 7.78. The van der Waals surface area contributed by atoms with Crippen molar-refractivity contribution in [3.63, 3.8) is 0 Å². The van der Waals surface area contributed by atoms with Crippen molar-refractivity contribution in [1.29, 1.82) is 0 Å². The van der Waals surface area contributed by atoms with Crippen molar-refractivity contribution in [2.75, 3.05) is 27.4 Å². The number of rotatable bonds is 8. The molecule has 0 atom stereocenters. The van der Waals surface area contributed by atoms with Gasteiger partial charge in [-0.05, 0) is 61.9 Å². The lowest BCUT2D eigenvalue weighted by atomic mass is 10.1. The molecular weight excluding hydrogens is 290 g/mol. The molecule has 4 nitrogen and oxygen atoms in total. The fraction of sp³-hybridized carbons (Fsp3) is 0.368. The number of hydrogen-bond acceptors (Lipinski definition) is 4. The van der Waals surface area contributed by atoms with E-state index in [0.29, 0.717) is 13.2 Å². The summed E-state index contributed by atoms with van der Waals surface area (Å²) in [6.45, 7) is 5.92. The van der Waals surface area contributed by atoms with Crippen LogP contribution in [-0.4, -0.2) is 27.4 Å². The van der Waals surface area contributed by atoms with Gasteiger partial charge in [0.25, 0.3) is 0 Å². The van der Waals surface area contributed by atoms with Gasteiger partial charge in [-0.3, -0.25) is 0 Å².